The molecule has 0 spiro atoms. The second-order valence-corrected chi connectivity index (χ2v) is 9.12. The molecule has 1 fully saturated rings. The van der Waals surface area contributed by atoms with Gasteiger partial charge in [0.1, 0.15) is 0 Å². The van der Waals surface area contributed by atoms with Gasteiger partial charge in [-0.1, -0.05) is 72.3 Å². The number of fused-ring (bicyclic) bond motifs is 2. The summed E-state index contributed by atoms with van der Waals surface area (Å²) in [5.74, 6) is -0.244. The zero-order valence-electron chi connectivity index (χ0n) is 18.4. The number of nitrogens with one attached hydrogen (secondary N) is 1. The summed E-state index contributed by atoms with van der Waals surface area (Å²) in [6.45, 7) is 2.07. The zero-order chi connectivity index (χ0) is 22.5. The Hall–Kier alpha value is -3.74. The highest BCUT2D eigenvalue weighted by molar-refractivity contribution is 6.21. The molecule has 1 aliphatic carbocycles. The van der Waals surface area contributed by atoms with Crippen LogP contribution in [0, 0.1) is 18.8 Å². The highest BCUT2D eigenvalue weighted by atomic mass is 16.2. The van der Waals surface area contributed by atoms with Crippen LogP contribution in [0.3, 0.4) is 0 Å². The number of amides is 2. The average molecular weight is 440 g/mol. The lowest BCUT2D eigenvalue weighted by atomic mass is 9.85. The molecule has 33 heavy (non-hydrogen) atoms. The van der Waals surface area contributed by atoms with Crippen LogP contribution < -0.4 is 10.2 Å². The van der Waals surface area contributed by atoms with Crippen molar-refractivity contribution in [3.05, 3.63) is 83.4 Å². The van der Waals surface area contributed by atoms with Gasteiger partial charge in [0.2, 0.25) is 17.8 Å². The van der Waals surface area contributed by atoms with Crippen LogP contribution in [0.1, 0.15) is 48.0 Å². The van der Waals surface area contributed by atoms with Crippen molar-refractivity contribution in [1.29, 1.82) is 0 Å². The first-order valence-electron chi connectivity index (χ1n) is 11.5. The Morgan fingerprint density at radius 2 is 1.55 bits per heavy atom. The standard InChI is InChI=1S/C26H25N5O2/c1-16-11-13-18(14-12-16)22-15-21(17-7-3-2-4-8-17)27-25-28-26(29-31(22)25)30-23(32)19-9-5-6-10-20(19)24(30)33/h2-8,11-14,19-22H,9-10,15H2,1H3,(H,27,28,29)/t19-,20-,21-,22+/m0/s1. The number of nitrogens with zero attached hydrogens (tertiary/aromatic N) is 4. The van der Waals surface area contributed by atoms with Crippen molar-refractivity contribution in [1.82, 2.24) is 14.8 Å². The van der Waals surface area contributed by atoms with E-state index in [0.717, 1.165) is 17.5 Å². The largest absolute Gasteiger partial charge is 0.347 e. The number of rotatable bonds is 3. The molecule has 3 aliphatic rings. The van der Waals surface area contributed by atoms with E-state index in [1.54, 1.807) is 0 Å². The minimum absolute atomic E-state index is 0.0406. The number of anilines is 2. The molecule has 0 saturated carbocycles. The monoisotopic (exact) mass is 439 g/mol. The number of allylic oxidation sites excluding steroid dienone is 2. The van der Waals surface area contributed by atoms with Crippen molar-refractivity contribution in [3.63, 3.8) is 0 Å². The van der Waals surface area contributed by atoms with E-state index in [1.165, 1.54) is 10.5 Å². The number of imide groups is 1. The molecule has 1 aromatic heterocycles. The fraction of sp³-hybridized carbons (Fsp3) is 0.308. The minimum Gasteiger partial charge on any atom is -0.347 e. The molecule has 1 N–H and O–H groups in total. The van der Waals surface area contributed by atoms with E-state index in [1.807, 2.05) is 35.0 Å². The maximum Gasteiger partial charge on any atom is 0.260 e. The van der Waals surface area contributed by atoms with E-state index < -0.39 is 0 Å². The van der Waals surface area contributed by atoms with Crippen molar-refractivity contribution < 1.29 is 9.59 Å². The van der Waals surface area contributed by atoms with Gasteiger partial charge in [0.15, 0.2) is 0 Å². The van der Waals surface area contributed by atoms with Gasteiger partial charge in [-0.15, -0.1) is 5.10 Å². The van der Waals surface area contributed by atoms with Crippen LogP contribution in [0.2, 0.25) is 0 Å². The second-order valence-electron chi connectivity index (χ2n) is 9.12. The van der Waals surface area contributed by atoms with Crippen LogP contribution in [0.25, 0.3) is 0 Å². The van der Waals surface area contributed by atoms with Crippen molar-refractivity contribution in [2.75, 3.05) is 10.2 Å². The predicted molar refractivity (Wildman–Crippen MR) is 125 cm³/mol. The van der Waals surface area contributed by atoms with Gasteiger partial charge in [0.05, 0.1) is 23.9 Å². The van der Waals surface area contributed by atoms with Gasteiger partial charge in [-0.05, 0) is 37.3 Å². The summed E-state index contributed by atoms with van der Waals surface area (Å²) in [6, 6.07) is 18.7. The third-order valence-electron chi connectivity index (χ3n) is 7.05. The Balaban J connectivity index is 1.41. The summed E-state index contributed by atoms with van der Waals surface area (Å²) in [5, 5.41) is 8.20. The number of hydrogen-bond donors (Lipinski definition) is 1. The summed E-state index contributed by atoms with van der Waals surface area (Å²) < 4.78 is 1.83. The third-order valence-corrected chi connectivity index (χ3v) is 7.05. The number of aromatic nitrogens is 3. The van der Waals surface area contributed by atoms with Crippen LogP contribution in [-0.2, 0) is 9.59 Å². The van der Waals surface area contributed by atoms with E-state index in [0.29, 0.717) is 18.8 Å². The van der Waals surface area contributed by atoms with Gasteiger partial charge in [-0.25, -0.2) is 9.58 Å². The molecule has 3 aromatic rings. The van der Waals surface area contributed by atoms with Gasteiger partial charge >= 0.3 is 0 Å². The topological polar surface area (TPSA) is 80.1 Å². The zero-order valence-corrected chi connectivity index (χ0v) is 18.4. The van der Waals surface area contributed by atoms with E-state index >= 15 is 0 Å². The lowest BCUT2D eigenvalue weighted by Gasteiger charge is -2.31. The quantitative estimate of drug-likeness (QED) is 0.489. The van der Waals surface area contributed by atoms with Gasteiger partial charge in [0, 0.05) is 0 Å². The van der Waals surface area contributed by atoms with Gasteiger partial charge < -0.3 is 5.32 Å². The van der Waals surface area contributed by atoms with Gasteiger partial charge in [-0.2, -0.15) is 4.98 Å². The highest BCUT2D eigenvalue weighted by Gasteiger charge is 2.49. The molecule has 0 radical (unpaired) electrons. The van der Waals surface area contributed by atoms with E-state index in [9.17, 15) is 9.59 Å². The molecular weight excluding hydrogens is 414 g/mol. The van der Waals surface area contributed by atoms with Crippen molar-refractivity contribution in [3.8, 4) is 0 Å². The molecular formula is C26H25N5O2. The number of aryl methyl sites for hydroxylation is 1. The molecule has 3 heterocycles. The summed E-state index contributed by atoms with van der Waals surface area (Å²) in [4.78, 5) is 32.1. The van der Waals surface area contributed by atoms with Crippen molar-refractivity contribution in [2.45, 2.75) is 38.3 Å². The number of carbonyl (C=O) groups excluding carboxylic acids is 2. The molecule has 7 nitrogen and oxygen atoms in total. The molecule has 7 heteroatoms. The summed E-state index contributed by atoms with van der Waals surface area (Å²) in [5.41, 5.74) is 3.48. The van der Waals surface area contributed by atoms with Crippen LogP contribution in [0.4, 0.5) is 11.9 Å². The molecule has 6 rings (SSSR count). The summed E-state index contributed by atoms with van der Waals surface area (Å²) >= 11 is 0. The number of hydrogen-bond acceptors (Lipinski definition) is 5. The Kier molecular flexibility index (Phi) is 4.64. The maximum atomic E-state index is 13.1. The molecule has 0 bridgehead atoms. The average Bonchev–Trinajstić information content (AvgIpc) is 3.38. The lowest BCUT2D eigenvalue weighted by molar-refractivity contribution is -0.122. The van der Waals surface area contributed by atoms with Gasteiger partial charge in [-0.3, -0.25) is 9.59 Å². The molecule has 0 unspecified atom stereocenters. The van der Waals surface area contributed by atoms with E-state index in [2.05, 4.69) is 53.6 Å². The molecule has 4 atom stereocenters. The molecule has 1 saturated heterocycles. The fourth-order valence-electron chi connectivity index (χ4n) is 5.23. The molecule has 2 aliphatic heterocycles. The van der Waals surface area contributed by atoms with Crippen molar-refractivity contribution in [2.24, 2.45) is 11.8 Å². The molecule has 2 amide bonds. The maximum absolute atomic E-state index is 13.1. The Bertz CT molecular complexity index is 1220. The highest BCUT2D eigenvalue weighted by Crippen LogP contribution is 2.41. The normalized spacial score (nSPS) is 26.2. The smallest absolute Gasteiger partial charge is 0.260 e. The minimum atomic E-state index is -0.305. The Morgan fingerprint density at radius 1 is 0.879 bits per heavy atom. The SMILES string of the molecule is Cc1ccc([C@H]2C[C@@H](c3ccccc3)Nc3nc(N4C(=O)[C@H]5CC=CC[C@@H]5C4=O)nn32)cc1. The second kappa shape index (κ2) is 7.69. The number of benzene rings is 2. The fourth-order valence-corrected chi connectivity index (χ4v) is 5.23. The number of carbonyl (C=O) groups is 2. The van der Waals surface area contributed by atoms with Crippen LogP contribution in [0.15, 0.2) is 66.7 Å². The van der Waals surface area contributed by atoms with Crippen molar-refractivity contribution >= 4 is 23.7 Å². The van der Waals surface area contributed by atoms with Crippen LogP contribution in [-0.4, -0.2) is 26.6 Å². The first-order valence-corrected chi connectivity index (χ1v) is 11.5. The molecule has 166 valence electrons. The van der Waals surface area contributed by atoms with E-state index in [-0.39, 0.29) is 41.7 Å². The van der Waals surface area contributed by atoms with Gasteiger partial charge in [0.25, 0.3) is 5.95 Å². The first-order chi connectivity index (χ1) is 16.1. The van der Waals surface area contributed by atoms with Crippen LogP contribution >= 0.6 is 0 Å². The van der Waals surface area contributed by atoms with Crippen LogP contribution in [0.5, 0.6) is 0 Å². The van der Waals surface area contributed by atoms with E-state index in [4.69, 9.17) is 5.10 Å². The Morgan fingerprint density at radius 3 is 2.21 bits per heavy atom. The Labute approximate surface area is 192 Å². The molecule has 2 aromatic carbocycles. The third kappa shape index (κ3) is 3.26. The summed E-state index contributed by atoms with van der Waals surface area (Å²) in [6.07, 6.45) is 5.95. The summed E-state index contributed by atoms with van der Waals surface area (Å²) in [7, 11) is 0. The first kappa shape index (κ1) is 19.9. The predicted octanol–water partition coefficient (Wildman–Crippen LogP) is 4.19. The lowest BCUT2D eigenvalue weighted by Crippen LogP contribution is -2.32.